The number of para-hydroxylation sites is 1. The fourth-order valence-corrected chi connectivity index (χ4v) is 1.82. The third-order valence-corrected chi connectivity index (χ3v) is 2.77. The molecule has 0 saturated carbocycles. The summed E-state index contributed by atoms with van der Waals surface area (Å²) in [5, 5.41) is 12.1. The van der Waals surface area contributed by atoms with E-state index in [1.165, 1.54) is 0 Å². The second-order valence-corrected chi connectivity index (χ2v) is 4.90. The van der Waals surface area contributed by atoms with E-state index in [9.17, 15) is 0 Å². The van der Waals surface area contributed by atoms with Gasteiger partial charge in [0.1, 0.15) is 6.61 Å². The standard InChI is InChI=1S/C16H27NO4/c1-4-20-15-7-5-6-14(12-17-13(2)3)16(15)21-11-10-19-9-8-18/h5-7,13,17-18H,4,8-12H2,1-3H3. The molecule has 0 aliphatic heterocycles. The number of nitrogens with one attached hydrogen (secondary N) is 1. The van der Waals surface area contributed by atoms with Crippen LogP contribution in [0.15, 0.2) is 18.2 Å². The first-order valence-electron chi connectivity index (χ1n) is 7.48. The minimum absolute atomic E-state index is 0.0269. The molecule has 2 N–H and O–H groups in total. The van der Waals surface area contributed by atoms with E-state index in [2.05, 4.69) is 19.2 Å². The second-order valence-electron chi connectivity index (χ2n) is 4.90. The fraction of sp³-hybridized carbons (Fsp3) is 0.625. The topological polar surface area (TPSA) is 60.0 Å². The van der Waals surface area contributed by atoms with E-state index in [0.29, 0.717) is 32.5 Å². The van der Waals surface area contributed by atoms with Gasteiger partial charge in [-0.1, -0.05) is 26.0 Å². The average Bonchev–Trinajstić information content (AvgIpc) is 2.46. The predicted molar refractivity (Wildman–Crippen MR) is 83.0 cm³/mol. The van der Waals surface area contributed by atoms with Crippen LogP contribution in [0, 0.1) is 0 Å². The molecule has 1 rings (SSSR count). The normalized spacial score (nSPS) is 10.9. The third-order valence-electron chi connectivity index (χ3n) is 2.77. The summed E-state index contributed by atoms with van der Waals surface area (Å²) >= 11 is 0. The Hall–Kier alpha value is -1.30. The molecular formula is C16H27NO4. The molecule has 120 valence electrons. The lowest BCUT2D eigenvalue weighted by atomic mass is 10.1. The van der Waals surface area contributed by atoms with Gasteiger partial charge in [-0.05, 0) is 13.0 Å². The summed E-state index contributed by atoms with van der Waals surface area (Å²) in [6, 6.07) is 6.31. The Bertz CT molecular complexity index is 396. The zero-order valence-corrected chi connectivity index (χ0v) is 13.2. The smallest absolute Gasteiger partial charge is 0.165 e. The Labute approximate surface area is 127 Å². The van der Waals surface area contributed by atoms with Crippen molar-refractivity contribution >= 4 is 0 Å². The van der Waals surface area contributed by atoms with Gasteiger partial charge in [-0.15, -0.1) is 0 Å². The summed E-state index contributed by atoms with van der Waals surface area (Å²) in [5.41, 5.74) is 1.07. The lowest BCUT2D eigenvalue weighted by Gasteiger charge is -2.17. The first-order chi connectivity index (χ1) is 10.2. The van der Waals surface area contributed by atoms with Gasteiger partial charge in [0.2, 0.25) is 0 Å². The van der Waals surface area contributed by atoms with E-state index < -0.39 is 0 Å². The highest BCUT2D eigenvalue weighted by Crippen LogP contribution is 2.31. The van der Waals surface area contributed by atoms with E-state index in [0.717, 1.165) is 23.6 Å². The lowest BCUT2D eigenvalue weighted by Crippen LogP contribution is -2.22. The van der Waals surface area contributed by atoms with Gasteiger partial charge in [-0.25, -0.2) is 0 Å². The molecule has 0 radical (unpaired) electrons. The van der Waals surface area contributed by atoms with Crippen molar-refractivity contribution < 1.29 is 19.3 Å². The minimum Gasteiger partial charge on any atom is -0.490 e. The first-order valence-corrected chi connectivity index (χ1v) is 7.48. The number of hydrogen-bond donors (Lipinski definition) is 2. The zero-order chi connectivity index (χ0) is 15.5. The summed E-state index contributed by atoms with van der Waals surface area (Å²) < 4.78 is 16.7. The van der Waals surface area contributed by atoms with Crippen LogP contribution in [-0.2, 0) is 11.3 Å². The van der Waals surface area contributed by atoms with Crippen LogP contribution in [0.2, 0.25) is 0 Å². The van der Waals surface area contributed by atoms with Crippen LogP contribution in [0.1, 0.15) is 26.3 Å². The van der Waals surface area contributed by atoms with Crippen LogP contribution in [0.5, 0.6) is 11.5 Å². The molecule has 1 aromatic carbocycles. The van der Waals surface area contributed by atoms with E-state index in [1.807, 2.05) is 25.1 Å². The van der Waals surface area contributed by atoms with Gasteiger partial charge in [0.15, 0.2) is 11.5 Å². The van der Waals surface area contributed by atoms with Crippen molar-refractivity contribution in [3.63, 3.8) is 0 Å². The number of rotatable bonds is 11. The van der Waals surface area contributed by atoms with Crippen molar-refractivity contribution in [1.82, 2.24) is 5.32 Å². The van der Waals surface area contributed by atoms with E-state index in [4.69, 9.17) is 19.3 Å². The number of aliphatic hydroxyl groups excluding tert-OH is 1. The molecule has 0 aromatic heterocycles. The van der Waals surface area contributed by atoms with Crippen molar-refractivity contribution in [2.45, 2.75) is 33.4 Å². The molecule has 0 fully saturated rings. The molecule has 0 bridgehead atoms. The van der Waals surface area contributed by atoms with Gasteiger partial charge in [-0.3, -0.25) is 0 Å². The highest BCUT2D eigenvalue weighted by molar-refractivity contribution is 5.46. The van der Waals surface area contributed by atoms with Crippen molar-refractivity contribution in [2.75, 3.05) is 33.0 Å². The largest absolute Gasteiger partial charge is 0.490 e. The van der Waals surface area contributed by atoms with Crippen LogP contribution in [-0.4, -0.2) is 44.2 Å². The highest BCUT2D eigenvalue weighted by atomic mass is 16.5. The molecule has 0 aliphatic rings. The maximum atomic E-state index is 8.67. The van der Waals surface area contributed by atoms with Gasteiger partial charge in [-0.2, -0.15) is 0 Å². The Balaban J connectivity index is 2.69. The number of aliphatic hydroxyl groups is 1. The number of hydrogen-bond acceptors (Lipinski definition) is 5. The van der Waals surface area contributed by atoms with Gasteiger partial charge < -0.3 is 24.6 Å². The van der Waals surface area contributed by atoms with Crippen LogP contribution >= 0.6 is 0 Å². The summed E-state index contributed by atoms with van der Waals surface area (Å²) in [7, 11) is 0. The molecule has 21 heavy (non-hydrogen) atoms. The number of ether oxygens (including phenoxy) is 3. The fourth-order valence-electron chi connectivity index (χ4n) is 1.82. The van der Waals surface area contributed by atoms with Crippen LogP contribution < -0.4 is 14.8 Å². The molecule has 5 nitrogen and oxygen atoms in total. The molecule has 0 unspecified atom stereocenters. The predicted octanol–water partition coefficient (Wildman–Crippen LogP) is 1.97. The first kappa shape index (κ1) is 17.8. The molecule has 5 heteroatoms. The summed E-state index contributed by atoms with van der Waals surface area (Å²) in [5.74, 6) is 1.52. The Kier molecular flexibility index (Phi) is 8.82. The van der Waals surface area contributed by atoms with Crippen molar-refractivity contribution in [2.24, 2.45) is 0 Å². The SMILES string of the molecule is CCOc1cccc(CNC(C)C)c1OCCOCCO. The lowest BCUT2D eigenvalue weighted by molar-refractivity contribution is 0.0694. The van der Waals surface area contributed by atoms with Gasteiger partial charge in [0.25, 0.3) is 0 Å². The summed E-state index contributed by atoms with van der Waals surface area (Å²) in [6.07, 6.45) is 0. The van der Waals surface area contributed by atoms with Crippen LogP contribution in [0.3, 0.4) is 0 Å². The van der Waals surface area contributed by atoms with Crippen LogP contribution in [0.25, 0.3) is 0 Å². The second kappa shape index (κ2) is 10.4. The van der Waals surface area contributed by atoms with Crippen molar-refractivity contribution in [1.29, 1.82) is 0 Å². The number of benzene rings is 1. The Morgan fingerprint density at radius 3 is 2.62 bits per heavy atom. The quantitative estimate of drug-likeness (QED) is 0.612. The van der Waals surface area contributed by atoms with Crippen molar-refractivity contribution in [3.05, 3.63) is 23.8 Å². The molecule has 1 aromatic rings. The average molecular weight is 297 g/mol. The van der Waals surface area contributed by atoms with Crippen LogP contribution in [0.4, 0.5) is 0 Å². The summed E-state index contributed by atoms with van der Waals surface area (Å²) in [6.45, 7) is 8.72. The van der Waals surface area contributed by atoms with E-state index in [1.54, 1.807) is 0 Å². The Morgan fingerprint density at radius 1 is 1.14 bits per heavy atom. The molecule has 0 saturated heterocycles. The zero-order valence-electron chi connectivity index (χ0n) is 13.2. The molecule has 0 aliphatic carbocycles. The minimum atomic E-state index is 0.0269. The third kappa shape index (κ3) is 6.80. The van der Waals surface area contributed by atoms with Crippen molar-refractivity contribution in [3.8, 4) is 11.5 Å². The highest BCUT2D eigenvalue weighted by Gasteiger charge is 2.11. The molecular weight excluding hydrogens is 270 g/mol. The monoisotopic (exact) mass is 297 g/mol. The maximum absolute atomic E-state index is 8.67. The Morgan fingerprint density at radius 2 is 1.95 bits per heavy atom. The van der Waals surface area contributed by atoms with Gasteiger partial charge >= 0.3 is 0 Å². The summed E-state index contributed by atoms with van der Waals surface area (Å²) in [4.78, 5) is 0. The molecule has 0 spiro atoms. The van der Waals surface area contributed by atoms with Gasteiger partial charge in [0, 0.05) is 18.2 Å². The maximum Gasteiger partial charge on any atom is 0.165 e. The van der Waals surface area contributed by atoms with Gasteiger partial charge in [0.05, 0.1) is 26.4 Å². The van der Waals surface area contributed by atoms with E-state index >= 15 is 0 Å². The van der Waals surface area contributed by atoms with E-state index in [-0.39, 0.29) is 6.61 Å². The molecule has 0 atom stereocenters. The molecule has 0 heterocycles. The molecule has 0 amide bonds.